The number of aromatic amines is 1. The summed E-state index contributed by atoms with van der Waals surface area (Å²) in [7, 11) is -3.90. The molecule has 0 saturated heterocycles. The molecule has 29 heavy (non-hydrogen) atoms. The Labute approximate surface area is 171 Å². The topological polar surface area (TPSA) is 80.6 Å². The Hall–Kier alpha value is -3.16. The Kier molecular flexibility index (Phi) is 4.15. The van der Waals surface area contributed by atoms with Crippen molar-refractivity contribution < 1.29 is 8.42 Å². The minimum absolute atomic E-state index is 0.0379. The molecule has 0 bridgehead atoms. The molecular formula is C21H15ClN4O2S. The van der Waals surface area contributed by atoms with E-state index in [0.717, 1.165) is 20.8 Å². The van der Waals surface area contributed by atoms with Crippen molar-refractivity contribution in [3.63, 3.8) is 0 Å². The first-order valence-electron chi connectivity index (χ1n) is 8.93. The first-order valence-corrected chi connectivity index (χ1v) is 10.7. The Balaban J connectivity index is 1.58. The fraction of sp³-hybridized carbons (Fsp3) is 0.0476. The Morgan fingerprint density at radius 1 is 0.931 bits per heavy atom. The van der Waals surface area contributed by atoms with Crippen molar-refractivity contribution >= 4 is 43.7 Å². The Bertz CT molecular complexity index is 1440. The van der Waals surface area contributed by atoms with Crippen LogP contribution in [0, 0.1) is 0 Å². The van der Waals surface area contributed by atoms with Crippen LogP contribution in [0.4, 0.5) is 0 Å². The van der Waals surface area contributed by atoms with Gasteiger partial charge < -0.3 is 4.98 Å². The van der Waals surface area contributed by atoms with Gasteiger partial charge in [-0.3, -0.25) is 0 Å². The van der Waals surface area contributed by atoms with Crippen LogP contribution in [-0.4, -0.2) is 27.3 Å². The number of nitrogens with one attached hydrogen (secondary N) is 1. The zero-order valence-electron chi connectivity index (χ0n) is 15.1. The van der Waals surface area contributed by atoms with Gasteiger partial charge in [0.1, 0.15) is 17.0 Å². The SMILES string of the molecule is O=S(=O)(c1cccc(Cc2nc3ccccc3[nH]2)c1Cl)n1cnc2ccccc21. The van der Waals surface area contributed by atoms with Crippen LogP contribution in [0.5, 0.6) is 0 Å². The largest absolute Gasteiger partial charge is 0.342 e. The third-order valence-electron chi connectivity index (χ3n) is 4.80. The molecule has 144 valence electrons. The van der Waals surface area contributed by atoms with Crippen LogP contribution in [0.3, 0.4) is 0 Å². The molecule has 0 aliphatic carbocycles. The Morgan fingerprint density at radius 2 is 1.69 bits per heavy atom. The van der Waals surface area contributed by atoms with Gasteiger partial charge in [0.25, 0.3) is 10.0 Å². The summed E-state index contributed by atoms with van der Waals surface area (Å²) in [6.45, 7) is 0. The maximum Gasteiger partial charge on any atom is 0.270 e. The molecule has 2 heterocycles. The van der Waals surface area contributed by atoms with Crippen molar-refractivity contribution in [2.75, 3.05) is 0 Å². The van der Waals surface area contributed by atoms with Crippen LogP contribution in [-0.2, 0) is 16.4 Å². The highest BCUT2D eigenvalue weighted by Gasteiger charge is 2.24. The molecule has 0 radical (unpaired) electrons. The summed E-state index contributed by atoms with van der Waals surface area (Å²) in [6, 6.07) is 19.8. The zero-order chi connectivity index (χ0) is 20.0. The van der Waals surface area contributed by atoms with Gasteiger partial charge in [-0.05, 0) is 35.9 Å². The minimum atomic E-state index is -3.90. The number of hydrogen-bond donors (Lipinski definition) is 1. The second-order valence-corrected chi connectivity index (χ2v) is 8.80. The summed E-state index contributed by atoms with van der Waals surface area (Å²) in [5.41, 5.74) is 3.56. The molecule has 0 saturated carbocycles. The number of fused-ring (bicyclic) bond motifs is 2. The van der Waals surface area contributed by atoms with E-state index in [1.165, 1.54) is 12.4 Å². The quantitative estimate of drug-likeness (QED) is 0.465. The molecule has 0 atom stereocenters. The van der Waals surface area contributed by atoms with Crippen LogP contribution < -0.4 is 0 Å². The van der Waals surface area contributed by atoms with Crippen LogP contribution >= 0.6 is 11.6 Å². The third kappa shape index (κ3) is 2.99. The summed E-state index contributed by atoms with van der Waals surface area (Å²) >= 11 is 6.56. The molecule has 5 aromatic rings. The monoisotopic (exact) mass is 422 g/mol. The van der Waals surface area contributed by atoms with E-state index in [0.29, 0.717) is 23.0 Å². The van der Waals surface area contributed by atoms with E-state index in [1.54, 1.807) is 30.3 Å². The summed E-state index contributed by atoms with van der Waals surface area (Å²) < 4.78 is 27.7. The molecule has 0 unspecified atom stereocenters. The molecule has 1 N–H and O–H groups in total. The lowest BCUT2D eigenvalue weighted by Gasteiger charge is -2.11. The van der Waals surface area contributed by atoms with Crippen LogP contribution in [0.1, 0.15) is 11.4 Å². The second-order valence-electron chi connectivity index (χ2n) is 6.64. The first kappa shape index (κ1) is 17.9. The minimum Gasteiger partial charge on any atom is -0.342 e. The van der Waals surface area contributed by atoms with Gasteiger partial charge in [-0.2, -0.15) is 0 Å². The van der Waals surface area contributed by atoms with E-state index >= 15 is 0 Å². The van der Waals surface area contributed by atoms with Crippen molar-refractivity contribution in [3.8, 4) is 0 Å². The molecule has 5 rings (SSSR count). The normalized spacial score (nSPS) is 12.0. The standard InChI is InChI=1S/C21H15ClN4O2S/c22-21-14(12-20-24-15-7-1-2-8-16(15)25-20)6-5-11-19(21)29(27,28)26-13-23-17-9-3-4-10-18(17)26/h1-11,13H,12H2,(H,24,25). The van der Waals surface area contributed by atoms with Gasteiger partial charge >= 0.3 is 0 Å². The molecule has 0 aliphatic rings. The third-order valence-corrected chi connectivity index (χ3v) is 7.06. The van der Waals surface area contributed by atoms with Gasteiger partial charge in [0.05, 0.1) is 27.1 Å². The molecule has 6 nitrogen and oxygen atoms in total. The lowest BCUT2D eigenvalue weighted by atomic mass is 10.1. The van der Waals surface area contributed by atoms with Gasteiger partial charge in [-0.25, -0.2) is 22.4 Å². The average Bonchev–Trinajstić information content (AvgIpc) is 3.33. The fourth-order valence-corrected chi connectivity index (χ4v) is 5.29. The van der Waals surface area contributed by atoms with Gasteiger partial charge in [0, 0.05) is 6.42 Å². The summed E-state index contributed by atoms with van der Waals surface area (Å²) in [5, 5.41) is 0.186. The van der Waals surface area contributed by atoms with Gasteiger partial charge in [0.2, 0.25) is 0 Å². The van der Waals surface area contributed by atoms with Crippen molar-refractivity contribution in [1.82, 2.24) is 18.9 Å². The summed E-state index contributed by atoms with van der Waals surface area (Å²) in [5.74, 6) is 0.718. The van der Waals surface area contributed by atoms with Crippen molar-refractivity contribution in [3.05, 3.63) is 89.5 Å². The van der Waals surface area contributed by atoms with E-state index in [-0.39, 0.29) is 9.92 Å². The average molecular weight is 423 g/mol. The maximum absolute atomic E-state index is 13.3. The number of benzene rings is 3. The van der Waals surface area contributed by atoms with E-state index in [4.69, 9.17) is 11.6 Å². The van der Waals surface area contributed by atoms with E-state index in [9.17, 15) is 8.42 Å². The van der Waals surface area contributed by atoms with Gasteiger partial charge in [-0.1, -0.05) is 48.0 Å². The number of para-hydroxylation sites is 4. The molecular weight excluding hydrogens is 408 g/mol. The smallest absolute Gasteiger partial charge is 0.270 e. The number of halogens is 1. The number of aromatic nitrogens is 4. The summed E-state index contributed by atoms with van der Waals surface area (Å²) in [6.07, 6.45) is 1.70. The number of nitrogens with zero attached hydrogens (tertiary/aromatic N) is 3. The Morgan fingerprint density at radius 3 is 2.52 bits per heavy atom. The van der Waals surface area contributed by atoms with E-state index < -0.39 is 10.0 Å². The van der Waals surface area contributed by atoms with Crippen LogP contribution in [0.15, 0.2) is 78.0 Å². The van der Waals surface area contributed by atoms with Crippen molar-refractivity contribution in [2.45, 2.75) is 11.3 Å². The lowest BCUT2D eigenvalue weighted by molar-refractivity contribution is 0.588. The van der Waals surface area contributed by atoms with Gasteiger partial charge in [-0.15, -0.1) is 0 Å². The predicted octanol–water partition coefficient (Wildman–Crippen LogP) is 4.39. The number of H-pyrrole nitrogens is 1. The van der Waals surface area contributed by atoms with Crippen LogP contribution in [0.25, 0.3) is 22.1 Å². The second kappa shape index (κ2) is 6.72. The molecule has 0 fully saturated rings. The number of rotatable bonds is 4. The number of imidazole rings is 2. The molecule has 3 aromatic carbocycles. The molecule has 0 amide bonds. The summed E-state index contributed by atoms with van der Waals surface area (Å²) in [4.78, 5) is 12.0. The lowest BCUT2D eigenvalue weighted by Crippen LogP contribution is -2.13. The predicted molar refractivity (Wildman–Crippen MR) is 113 cm³/mol. The van der Waals surface area contributed by atoms with Crippen LogP contribution in [0.2, 0.25) is 5.02 Å². The van der Waals surface area contributed by atoms with Crippen molar-refractivity contribution in [1.29, 1.82) is 0 Å². The molecule has 0 aliphatic heterocycles. The highest BCUT2D eigenvalue weighted by Crippen LogP contribution is 2.30. The zero-order valence-corrected chi connectivity index (χ0v) is 16.7. The maximum atomic E-state index is 13.3. The molecule has 8 heteroatoms. The highest BCUT2D eigenvalue weighted by molar-refractivity contribution is 7.90. The molecule has 2 aromatic heterocycles. The molecule has 0 spiro atoms. The van der Waals surface area contributed by atoms with Gasteiger partial charge in [0.15, 0.2) is 0 Å². The fourth-order valence-electron chi connectivity index (χ4n) is 3.40. The highest BCUT2D eigenvalue weighted by atomic mass is 35.5. The first-order chi connectivity index (χ1) is 14.0. The van der Waals surface area contributed by atoms with E-state index in [2.05, 4.69) is 15.0 Å². The van der Waals surface area contributed by atoms with Crippen molar-refractivity contribution in [2.24, 2.45) is 0 Å². The van der Waals surface area contributed by atoms with E-state index in [1.807, 2.05) is 30.3 Å². The number of hydrogen-bond acceptors (Lipinski definition) is 4.